The van der Waals surface area contributed by atoms with E-state index in [1.54, 1.807) is 6.20 Å². The maximum atomic E-state index is 12.1. The Hall–Kier alpha value is -2.61. The normalized spacial score (nSPS) is 21.2. The molecule has 1 aliphatic carbocycles. The third kappa shape index (κ3) is 4.87. The summed E-state index contributed by atoms with van der Waals surface area (Å²) in [6.07, 6.45) is 5.96. The van der Waals surface area contributed by atoms with Gasteiger partial charge < -0.3 is 20.1 Å². The van der Waals surface area contributed by atoms with Crippen LogP contribution in [0.4, 0.5) is 0 Å². The number of rotatable bonds is 6. The first kappa shape index (κ1) is 19.7. The van der Waals surface area contributed by atoms with Crippen LogP contribution >= 0.6 is 0 Å². The number of nitrogens with zero attached hydrogens (tertiary/aromatic N) is 3. The summed E-state index contributed by atoms with van der Waals surface area (Å²) in [7, 11) is 0. The average molecular weight is 399 g/mol. The van der Waals surface area contributed by atoms with Crippen LogP contribution in [0.1, 0.15) is 61.6 Å². The van der Waals surface area contributed by atoms with Gasteiger partial charge >= 0.3 is 0 Å². The first-order chi connectivity index (χ1) is 14.1. The summed E-state index contributed by atoms with van der Waals surface area (Å²) in [4.78, 5) is 12.1. The van der Waals surface area contributed by atoms with Gasteiger partial charge in [-0.15, -0.1) is 5.10 Å². The van der Waals surface area contributed by atoms with E-state index >= 15 is 0 Å². The lowest BCUT2D eigenvalue weighted by Gasteiger charge is -2.29. The van der Waals surface area contributed by atoms with Crippen LogP contribution in [-0.4, -0.2) is 46.2 Å². The molecule has 0 spiro atoms. The van der Waals surface area contributed by atoms with Crippen molar-refractivity contribution in [1.82, 2.24) is 25.6 Å². The second kappa shape index (κ2) is 8.82. The third-order valence-electron chi connectivity index (χ3n) is 5.43. The Morgan fingerprint density at radius 3 is 2.69 bits per heavy atom. The summed E-state index contributed by atoms with van der Waals surface area (Å²) in [5, 5.41) is 14.7. The molecule has 29 heavy (non-hydrogen) atoms. The Morgan fingerprint density at radius 1 is 1.17 bits per heavy atom. The molecule has 2 aliphatic rings. The molecule has 0 bridgehead atoms. The Morgan fingerprint density at radius 2 is 1.93 bits per heavy atom. The number of carbonyl (C=O) groups excluding carboxylic acids is 1. The van der Waals surface area contributed by atoms with Crippen molar-refractivity contribution in [3.05, 3.63) is 35.7 Å². The molecule has 4 rings (SSSR count). The van der Waals surface area contributed by atoms with Gasteiger partial charge in [0.25, 0.3) is 5.91 Å². The van der Waals surface area contributed by atoms with Gasteiger partial charge in [-0.05, 0) is 57.2 Å². The van der Waals surface area contributed by atoms with Gasteiger partial charge in [-0.3, -0.25) is 4.79 Å². The van der Waals surface area contributed by atoms with Gasteiger partial charge in [0.2, 0.25) is 0 Å². The zero-order valence-electron chi connectivity index (χ0n) is 17.1. The average Bonchev–Trinajstić information content (AvgIpc) is 3.22. The maximum Gasteiger partial charge on any atom is 0.273 e. The van der Waals surface area contributed by atoms with Gasteiger partial charge in [0.1, 0.15) is 13.2 Å². The predicted molar refractivity (Wildman–Crippen MR) is 108 cm³/mol. The number of amides is 1. The monoisotopic (exact) mass is 399 g/mol. The minimum Gasteiger partial charge on any atom is -0.486 e. The minimum atomic E-state index is -0.166. The van der Waals surface area contributed by atoms with Crippen molar-refractivity contribution in [3.63, 3.8) is 0 Å². The molecule has 8 heteroatoms. The molecule has 0 saturated heterocycles. The minimum absolute atomic E-state index is 0.0865. The van der Waals surface area contributed by atoms with E-state index in [4.69, 9.17) is 9.47 Å². The molecule has 2 N–H and O–H groups in total. The molecule has 8 nitrogen and oxygen atoms in total. The summed E-state index contributed by atoms with van der Waals surface area (Å²) in [5.41, 5.74) is 1.59. The van der Waals surface area contributed by atoms with Crippen molar-refractivity contribution >= 4 is 5.91 Å². The molecular formula is C21H29N5O3. The van der Waals surface area contributed by atoms with E-state index in [0.717, 1.165) is 43.7 Å². The Kier molecular flexibility index (Phi) is 5.99. The van der Waals surface area contributed by atoms with Gasteiger partial charge in [-0.25, -0.2) is 4.68 Å². The largest absolute Gasteiger partial charge is 0.486 e. The fourth-order valence-electron chi connectivity index (χ4n) is 3.90. The lowest BCUT2D eigenvalue weighted by Crippen LogP contribution is -2.33. The number of ether oxygens (including phenoxy) is 2. The fraction of sp³-hybridized carbons (Fsp3) is 0.571. The van der Waals surface area contributed by atoms with Crippen LogP contribution in [0.5, 0.6) is 11.5 Å². The topological polar surface area (TPSA) is 90.3 Å². The molecule has 0 unspecified atom stereocenters. The second-order valence-electron chi connectivity index (χ2n) is 8.08. The molecule has 2 aromatic rings. The highest BCUT2D eigenvalue weighted by Crippen LogP contribution is 2.31. The summed E-state index contributed by atoms with van der Waals surface area (Å²) >= 11 is 0. The van der Waals surface area contributed by atoms with Crippen molar-refractivity contribution in [3.8, 4) is 11.5 Å². The van der Waals surface area contributed by atoms with Crippen LogP contribution in [-0.2, 0) is 6.54 Å². The van der Waals surface area contributed by atoms with Crippen LogP contribution in [0.3, 0.4) is 0 Å². The Balaban J connectivity index is 1.26. The molecule has 156 valence electrons. The van der Waals surface area contributed by atoms with Gasteiger partial charge in [0, 0.05) is 18.6 Å². The molecule has 1 amide bonds. The lowest BCUT2D eigenvalue weighted by atomic mass is 9.91. The van der Waals surface area contributed by atoms with Crippen molar-refractivity contribution in [2.24, 2.45) is 0 Å². The molecule has 1 fully saturated rings. The SMILES string of the molecule is CC(C)NC(=O)c1cn(C2CCC(NCc3ccc4c(c3)OCCO4)CC2)nn1. The zero-order valence-corrected chi connectivity index (χ0v) is 17.1. The van der Waals surface area contributed by atoms with E-state index in [-0.39, 0.29) is 11.9 Å². The number of aromatic nitrogens is 3. The van der Waals surface area contributed by atoms with Gasteiger partial charge in [0.15, 0.2) is 17.2 Å². The highest BCUT2D eigenvalue weighted by Gasteiger charge is 2.24. The van der Waals surface area contributed by atoms with E-state index in [1.165, 1.54) is 5.56 Å². The third-order valence-corrected chi connectivity index (χ3v) is 5.43. The van der Waals surface area contributed by atoms with Crippen molar-refractivity contribution in [2.75, 3.05) is 13.2 Å². The van der Waals surface area contributed by atoms with Crippen molar-refractivity contribution in [2.45, 2.75) is 64.2 Å². The molecule has 1 aromatic heterocycles. The molecule has 2 heterocycles. The first-order valence-corrected chi connectivity index (χ1v) is 10.4. The molecular weight excluding hydrogens is 370 g/mol. The second-order valence-corrected chi connectivity index (χ2v) is 8.08. The Labute approximate surface area is 171 Å². The summed E-state index contributed by atoms with van der Waals surface area (Å²) in [6, 6.07) is 7.00. The quantitative estimate of drug-likeness (QED) is 0.776. The van der Waals surface area contributed by atoms with E-state index in [0.29, 0.717) is 31.0 Å². The van der Waals surface area contributed by atoms with Gasteiger partial charge in [-0.1, -0.05) is 11.3 Å². The standard InChI is InChI=1S/C21H29N5O3/c1-14(2)23-21(27)18-13-26(25-24-18)17-6-4-16(5-7-17)22-12-15-3-8-19-20(11-15)29-10-9-28-19/h3,8,11,13-14,16-17,22H,4-7,9-10,12H2,1-2H3,(H,23,27). The fourth-order valence-corrected chi connectivity index (χ4v) is 3.90. The van der Waals surface area contributed by atoms with Gasteiger partial charge in [0.05, 0.1) is 12.2 Å². The summed E-state index contributed by atoms with van der Waals surface area (Å²) in [6.45, 7) is 5.90. The number of hydrogen-bond donors (Lipinski definition) is 2. The van der Waals surface area contributed by atoms with Gasteiger partial charge in [-0.2, -0.15) is 0 Å². The zero-order chi connectivity index (χ0) is 20.2. The molecule has 0 radical (unpaired) electrons. The predicted octanol–water partition coefficient (Wildman–Crippen LogP) is 2.46. The number of benzene rings is 1. The number of carbonyl (C=O) groups is 1. The molecule has 1 saturated carbocycles. The van der Waals surface area contributed by atoms with E-state index < -0.39 is 0 Å². The highest BCUT2D eigenvalue weighted by atomic mass is 16.6. The number of hydrogen-bond acceptors (Lipinski definition) is 6. The lowest BCUT2D eigenvalue weighted by molar-refractivity contribution is 0.0938. The smallest absolute Gasteiger partial charge is 0.273 e. The maximum absolute atomic E-state index is 12.1. The van der Waals surface area contributed by atoms with Crippen LogP contribution < -0.4 is 20.1 Å². The van der Waals surface area contributed by atoms with E-state index in [9.17, 15) is 4.79 Å². The van der Waals surface area contributed by atoms with E-state index in [1.807, 2.05) is 24.6 Å². The van der Waals surface area contributed by atoms with Crippen LogP contribution in [0.2, 0.25) is 0 Å². The Bertz CT molecular complexity index is 843. The number of fused-ring (bicyclic) bond motifs is 1. The summed E-state index contributed by atoms with van der Waals surface area (Å²) < 4.78 is 13.1. The first-order valence-electron chi connectivity index (χ1n) is 10.4. The highest BCUT2D eigenvalue weighted by molar-refractivity contribution is 5.91. The van der Waals surface area contributed by atoms with Crippen molar-refractivity contribution in [1.29, 1.82) is 0 Å². The molecule has 1 aromatic carbocycles. The van der Waals surface area contributed by atoms with Crippen LogP contribution in [0.15, 0.2) is 24.4 Å². The van der Waals surface area contributed by atoms with Crippen LogP contribution in [0, 0.1) is 0 Å². The summed E-state index contributed by atoms with van der Waals surface area (Å²) in [5.74, 6) is 1.50. The molecule has 0 atom stereocenters. The van der Waals surface area contributed by atoms with Crippen molar-refractivity contribution < 1.29 is 14.3 Å². The van der Waals surface area contributed by atoms with Crippen LogP contribution in [0.25, 0.3) is 0 Å². The molecule has 1 aliphatic heterocycles. The number of nitrogens with one attached hydrogen (secondary N) is 2. The van der Waals surface area contributed by atoms with E-state index in [2.05, 4.69) is 33.1 Å².